The van der Waals surface area contributed by atoms with Gasteiger partial charge in [-0.25, -0.2) is 25.2 Å². The van der Waals surface area contributed by atoms with Crippen molar-refractivity contribution in [3.05, 3.63) is 72.2 Å². The van der Waals surface area contributed by atoms with Gasteiger partial charge in [-0.05, 0) is 49.0 Å². The van der Waals surface area contributed by atoms with Gasteiger partial charge in [-0.3, -0.25) is 0 Å². The fourth-order valence-electron chi connectivity index (χ4n) is 2.91. The molecule has 1 N–H and O–H groups in total. The molecule has 1 aromatic heterocycles. The summed E-state index contributed by atoms with van der Waals surface area (Å²) < 4.78 is 104. The Bertz CT molecular complexity index is 1330. The Morgan fingerprint density at radius 3 is 2.19 bits per heavy atom. The zero-order valence-corrected chi connectivity index (χ0v) is 17.5. The highest BCUT2D eigenvalue weighted by molar-refractivity contribution is 7.92. The van der Waals surface area contributed by atoms with Crippen LogP contribution in [-0.2, 0) is 26.4 Å². The predicted octanol–water partition coefficient (Wildman–Crippen LogP) is 3.54. The third-order valence-corrected chi connectivity index (χ3v) is 7.50. The summed E-state index contributed by atoms with van der Waals surface area (Å²) in [5.41, 5.74) is -5.25. The largest absolute Gasteiger partial charge is 0.501 e. The van der Waals surface area contributed by atoms with E-state index in [2.05, 4.69) is 5.32 Å². The summed E-state index contributed by atoms with van der Waals surface area (Å²) in [5, 5.41) is 2.82. The molecular weight excluding hydrogens is 460 g/mol. The van der Waals surface area contributed by atoms with E-state index in [1.54, 1.807) is 7.05 Å². The second-order valence-corrected chi connectivity index (χ2v) is 10.2. The van der Waals surface area contributed by atoms with Crippen LogP contribution in [0.25, 0.3) is 11.3 Å². The monoisotopic (exact) mass is 476 g/mol. The van der Waals surface area contributed by atoms with Crippen molar-refractivity contribution in [1.82, 2.24) is 9.29 Å². The molecule has 1 heterocycles. The molecule has 0 atom stereocenters. The summed E-state index contributed by atoms with van der Waals surface area (Å²) in [4.78, 5) is -1.90. The van der Waals surface area contributed by atoms with E-state index in [1.807, 2.05) is 0 Å². The molecule has 3 rings (SSSR count). The SMILES string of the molecule is CNCc1cc(-c2ccccc2F)n(S(=O)(=O)c2cccc(S(=O)(=O)C(F)(F)F)c2)c1. The fourth-order valence-corrected chi connectivity index (χ4v) is 5.23. The van der Waals surface area contributed by atoms with Crippen LogP contribution in [0.1, 0.15) is 5.56 Å². The van der Waals surface area contributed by atoms with Gasteiger partial charge in [0, 0.05) is 18.3 Å². The van der Waals surface area contributed by atoms with E-state index in [9.17, 15) is 34.4 Å². The van der Waals surface area contributed by atoms with Gasteiger partial charge in [0.05, 0.1) is 15.5 Å². The van der Waals surface area contributed by atoms with Crippen LogP contribution >= 0.6 is 0 Å². The lowest BCUT2D eigenvalue weighted by atomic mass is 10.1. The van der Waals surface area contributed by atoms with E-state index in [-0.39, 0.29) is 17.8 Å². The number of aromatic nitrogens is 1. The van der Waals surface area contributed by atoms with Crippen LogP contribution in [0, 0.1) is 5.82 Å². The van der Waals surface area contributed by atoms with Crippen LogP contribution in [0.2, 0.25) is 0 Å². The van der Waals surface area contributed by atoms with Gasteiger partial charge in [0.2, 0.25) is 0 Å². The second kappa shape index (κ2) is 8.09. The maximum absolute atomic E-state index is 14.4. The van der Waals surface area contributed by atoms with Crippen molar-refractivity contribution < 1.29 is 34.4 Å². The number of nitrogens with one attached hydrogen (secondary N) is 1. The van der Waals surface area contributed by atoms with Crippen molar-refractivity contribution in [3.63, 3.8) is 0 Å². The van der Waals surface area contributed by atoms with Crippen LogP contribution in [-0.4, -0.2) is 33.4 Å². The van der Waals surface area contributed by atoms with Gasteiger partial charge in [-0.15, -0.1) is 0 Å². The minimum absolute atomic E-state index is 0.0486. The summed E-state index contributed by atoms with van der Waals surface area (Å²) >= 11 is 0. The maximum atomic E-state index is 14.4. The predicted molar refractivity (Wildman–Crippen MR) is 105 cm³/mol. The summed E-state index contributed by atoms with van der Waals surface area (Å²) in [6, 6.07) is 9.76. The number of rotatable bonds is 6. The molecule has 0 aliphatic rings. The van der Waals surface area contributed by atoms with E-state index in [1.165, 1.54) is 30.5 Å². The quantitative estimate of drug-likeness (QED) is 0.550. The molecule has 31 heavy (non-hydrogen) atoms. The first-order valence-electron chi connectivity index (χ1n) is 8.67. The Balaban J connectivity index is 2.22. The normalized spacial score (nSPS) is 12.8. The van der Waals surface area contributed by atoms with Crippen molar-refractivity contribution in [2.75, 3.05) is 7.05 Å². The first-order chi connectivity index (χ1) is 14.4. The van der Waals surface area contributed by atoms with Crippen LogP contribution in [0.4, 0.5) is 17.6 Å². The van der Waals surface area contributed by atoms with Gasteiger partial charge in [-0.2, -0.15) is 13.2 Å². The maximum Gasteiger partial charge on any atom is 0.501 e. The molecule has 0 radical (unpaired) electrons. The van der Waals surface area contributed by atoms with Crippen molar-refractivity contribution in [2.24, 2.45) is 0 Å². The van der Waals surface area contributed by atoms with Crippen molar-refractivity contribution in [3.8, 4) is 11.3 Å². The number of nitrogens with zero attached hydrogens (tertiary/aromatic N) is 1. The zero-order chi connectivity index (χ0) is 23.0. The van der Waals surface area contributed by atoms with Crippen LogP contribution in [0.3, 0.4) is 0 Å². The zero-order valence-electron chi connectivity index (χ0n) is 15.9. The summed E-state index contributed by atoms with van der Waals surface area (Å²) in [5.74, 6) is -0.707. The Labute approximate surface area is 176 Å². The Kier molecular flexibility index (Phi) is 6.00. The standard InChI is InChI=1S/C19H16F4N2O4S2/c1-24-11-13-9-18(16-7-2-3-8-17(16)20)25(12-13)31(28,29)15-6-4-5-14(10-15)30(26,27)19(21,22)23/h2-10,12,24H,11H2,1H3. The molecule has 6 nitrogen and oxygen atoms in total. The van der Waals surface area contributed by atoms with E-state index in [0.29, 0.717) is 17.7 Å². The smallest absolute Gasteiger partial charge is 0.316 e. The average Bonchev–Trinajstić information content (AvgIpc) is 3.12. The average molecular weight is 476 g/mol. The Hall–Kier alpha value is -2.70. The van der Waals surface area contributed by atoms with E-state index in [4.69, 9.17) is 0 Å². The van der Waals surface area contributed by atoms with E-state index >= 15 is 0 Å². The minimum atomic E-state index is -5.76. The Morgan fingerprint density at radius 2 is 1.58 bits per heavy atom. The first kappa shape index (κ1) is 23.0. The molecule has 0 fully saturated rings. The van der Waals surface area contributed by atoms with Crippen molar-refractivity contribution >= 4 is 19.9 Å². The molecule has 0 saturated carbocycles. The topological polar surface area (TPSA) is 85.2 Å². The number of hydrogen-bond donors (Lipinski definition) is 1. The molecule has 0 aliphatic heterocycles. The number of hydrogen-bond acceptors (Lipinski definition) is 5. The van der Waals surface area contributed by atoms with E-state index < -0.39 is 41.0 Å². The lowest BCUT2D eigenvalue weighted by Gasteiger charge is -2.13. The van der Waals surface area contributed by atoms with E-state index in [0.717, 1.165) is 22.2 Å². The number of benzene rings is 2. The molecule has 0 bridgehead atoms. The highest BCUT2D eigenvalue weighted by Crippen LogP contribution is 2.33. The fraction of sp³-hybridized carbons (Fsp3) is 0.158. The molecule has 166 valence electrons. The van der Waals surface area contributed by atoms with Gasteiger partial charge in [0.15, 0.2) is 0 Å². The van der Waals surface area contributed by atoms with Crippen LogP contribution < -0.4 is 5.32 Å². The van der Waals surface area contributed by atoms with Crippen molar-refractivity contribution in [1.29, 1.82) is 0 Å². The molecule has 0 saturated heterocycles. The third kappa shape index (κ3) is 4.23. The van der Waals surface area contributed by atoms with Gasteiger partial charge >= 0.3 is 5.51 Å². The van der Waals surface area contributed by atoms with Crippen LogP contribution in [0.5, 0.6) is 0 Å². The van der Waals surface area contributed by atoms with Gasteiger partial charge in [0.25, 0.3) is 19.9 Å². The summed E-state index contributed by atoms with van der Waals surface area (Å²) in [6.07, 6.45) is 1.19. The summed E-state index contributed by atoms with van der Waals surface area (Å²) in [6.45, 7) is 0.229. The van der Waals surface area contributed by atoms with Gasteiger partial charge < -0.3 is 5.32 Å². The molecule has 2 aromatic carbocycles. The van der Waals surface area contributed by atoms with Gasteiger partial charge in [0.1, 0.15) is 5.82 Å². The molecule has 0 spiro atoms. The first-order valence-corrected chi connectivity index (χ1v) is 11.6. The molecule has 0 unspecified atom stereocenters. The Morgan fingerprint density at radius 1 is 0.935 bits per heavy atom. The minimum Gasteiger partial charge on any atom is -0.316 e. The summed E-state index contributed by atoms with van der Waals surface area (Å²) in [7, 11) is -8.72. The molecule has 12 heteroatoms. The lowest BCUT2D eigenvalue weighted by Crippen LogP contribution is -2.23. The second-order valence-electron chi connectivity index (χ2n) is 6.47. The highest BCUT2D eigenvalue weighted by Gasteiger charge is 2.47. The third-order valence-electron chi connectivity index (χ3n) is 4.35. The number of sulfone groups is 1. The molecule has 0 aliphatic carbocycles. The lowest BCUT2D eigenvalue weighted by molar-refractivity contribution is -0.0436. The van der Waals surface area contributed by atoms with Crippen molar-refractivity contribution in [2.45, 2.75) is 21.8 Å². The molecular formula is C19H16F4N2O4S2. The highest BCUT2D eigenvalue weighted by atomic mass is 32.2. The molecule has 0 amide bonds. The van der Waals surface area contributed by atoms with Crippen LogP contribution in [0.15, 0.2) is 70.6 Å². The molecule has 3 aromatic rings. The van der Waals surface area contributed by atoms with Gasteiger partial charge in [-0.1, -0.05) is 18.2 Å². The number of halogens is 4. The number of alkyl halides is 3.